The van der Waals surface area contributed by atoms with Crippen molar-refractivity contribution in [3.63, 3.8) is 0 Å². The van der Waals surface area contributed by atoms with Crippen molar-refractivity contribution in [2.75, 3.05) is 6.61 Å². The first-order valence-corrected chi connectivity index (χ1v) is 7.79. The van der Waals surface area contributed by atoms with E-state index in [9.17, 15) is 14.4 Å². The molecule has 3 rings (SSSR count). The standard InChI is InChI=1S/C19H16O5/c1-2-3-11-23-16(20)10-8-12-7-9-15-17-13(12)5-4-6-14(17)18(21)24-19(15)22/h4-10H,2-3,11H2,1H3/b10-8+. The van der Waals surface area contributed by atoms with E-state index in [4.69, 9.17) is 9.47 Å². The molecule has 122 valence electrons. The zero-order valence-corrected chi connectivity index (χ0v) is 13.2. The fourth-order valence-electron chi connectivity index (χ4n) is 2.63. The molecule has 5 heteroatoms. The minimum Gasteiger partial charge on any atom is -0.463 e. The number of hydrogen-bond acceptors (Lipinski definition) is 5. The van der Waals surface area contributed by atoms with E-state index in [0.717, 1.165) is 18.4 Å². The summed E-state index contributed by atoms with van der Waals surface area (Å²) in [5.74, 6) is -1.73. The number of carbonyl (C=O) groups excluding carboxylic acids is 3. The third kappa shape index (κ3) is 2.93. The van der Waals surface area contributed by atoms with Crippen molar-refractivity contribution in [2.45, 2.75) is 19.8 Å². The molecule has 0 saturated heterocycles. The highest BCUT2D eigenvalue weighted by Gasteiger charge is 2.27. The number of carbonyl (C=O) groups is 3. The highest BCUT2D eigenvalue weighted by atomic mass is 16.6. The summed E-state index contributed by atoms with van der Waals surface area (Å²) in [4.78, 5) is 35.4. The maximum atomic E-state index is 11.9. The van der Waals surface area contributed by atoms with E-state index in [1.807, 2.05) is 6.92 Å². The lowest BCUT2D eigenvalue weighted by molar-refractivity contribution is -0.137. The van der Waals surface area contributed by atoms with Gasteiger partial charge < -0.3 is 9.47 Å². The molecular formula is C19H16O5. The quantitative estimate of drug-likeness (QED) is 0.364. The Morgan fingerprint density at radius 1 is 1.12 bits per heavy atom. The summed E-state index contributed by atoms with van der Waals surface area (Å²) in [6, 6.07) is 8.45. The fourth-order valence-corrected chi connectivity index (χ4v) is 2.63. The van der Waals surface area contributed by atoms with Crippen molar-refractivity contribution >= 4 is 34.8 Å². The summed E-state index contributed by atoms with van der Waals surface area (Å²) in [6.45, 7) is 2.41. The third-order valence-corrected chi connectivity index (χ3v) is 3.84. The van der Waals surface area contributed by atoms with Crippen LogP contribution in [0.2, 0.25) is 0 Å². The lowest BCUT2D eigenvalue weighted by Crippen LogP contribution is -2.19. The molecule has 0 bridgehead atoms. The van der Waals surface area contributed by atoms with Crippen LogP contribution in [0, 0.1) is 0 Å². The molecule has 24 heavy (non-hydrogen) atoms. The van der Waals surface area contributed by atoms with Crippen LogP contribution in [0.3, 0.4) is 0 Å². The summed E-state index contributed by atoms with van der Waals surface area (Å²) < 4.78 is 9.80. The second-order valence-electron chi connectivity index (χ2n) is 5.46. The van der Waals surface area contributed by atoms with Gasteiger partial charge in [-0.1, -0.05) is 31.5 Å². The Balaban J connectivity index is 1.97. The highest BCUT2D eigenvalue weighted by molar-refractivity contribution is 6.21. The van der Waals surface area contributed by atoms with Gasteiger partial charge in [-0.2, -0.15) is 0 Å². The average molecular weight is 324 g/mol. The van der Waals surface area contributed by atoms with Crippen molar-refractivity contribution in [1.29, 1.82) is 0 Å². The van der Waals surface area contributed by atoms with Gasteiger partial charge in [-0.15, -0.1) is 0 Å². The summed E-state index contributed by atoms with van der Waals surface area (Å²) in [7, 11) is 0. The molecule has 0 saturated carbocycles. The molecule has 2 aromatic carbocycles. The van der Waals surface area contributed by atoms with Gasteiger partial charge in [0.05, 0.1) is 17.7 Å². The van der Waals surface area contributed by atoms with E-state index in [-0.39, 0.29) is 0 Å². The summed E-state index contributed by atoms with van der Waals surface area (Å²) in [5, 5.41) is 1.27. The van der Waals surface area contributed by atoms with E-state index in [1.165, 1.54) is 6.08 Å². The molecule has 0 fully saturated rings. The number of unbranched alkanes of at least 4 members (excludes halogenated alkanes) is 1. The largest absolute Gasteiger partial charge is 0.463 e. The average Bonchev–Trinajstić information content (AvgIpc) is 2.58. The normalized spacial score (nSPS) is 13.4. The van der Waals surface area contributed by atoms with Crippen LogP contribution in [0.1, 0.15) is 46.0 Å². The maximum absolute atomic E-state index is 11.9. The highest BCUT2D eigenvalue weighted by Crippen LogP contribution is 2.31. The maximum Gasteiger partial charge on any atom is 0.346 e. The van der Waals surface area contributed by atoms with E-state index < -0.39 is 17.9 Å². The summed E-state index contributed by atoms with van der Waals surface area (Å²) in [6.07, 6.45) is 4.76. The van der Waals surface area contributed by atoms with Gasteiger partial charge in [0.2, 0.25) is 0 Å². The van der Waals surface area contributed by atoms with Gasteiger partial charge in [0, 0.05) is 11.5 Å². The van der Waals surface area contributed by atoms with Crippen molar-refractivity contribution < 1.29 is 23.9 Å². The SMILES string of the molecule is CCCCOC(=O)/C=C/c1ccc2c3c(cccc13)C(=O)OC2=O. The third-order valence-electron chi connectivity index (χ3n) is 3.84. The monoisotopic (exact) mass is 324 g/mol. The molecule has 1 aliphatic heterocycles. The summed E-state index contributed by atoms with van der Waals surface area (Å²) >= 11 is 0. The van der Waals surface area contributed by atoms with Crippen molar-refractivity contribution in [3.05, 3.63) is 53.1 Å². The van der Waals surface area contributed by atoms with Crippen LogP contribution in [0.4, 0.5) is 0 Å². The molecule has 0 amide bonds. The number of benzene rings is 2. The van der Waals surface area contributed by atoms with E-state index >= 15 is 0 Å². The second kappa shape index (κ2) is 6.66. The van der Waals surface area contributed by atoms with Crippen LogP contribution < -0.4 is 0 Å². The molecule has 0 atom stereocenters. The van der Waals surface area contributed by atoms with Crippen LogP contribution in [0.25, 0.3) is 16.8 Å². The van der Waals surface area contributed by atoms with Crippen LogP contribution in [-0.4, -0.2) is 24.5 Å². The molecule has 0 spiro atoms. The van der Waals surface area contributed by atoms with E-state index in [0.29, 0.717) is 28.5 Å². The molecule has 1 aliphatic rings. The Morgan fingerprint density at radius 2 is 1.88 bits per heavy atom. The van der Waals surface area contributed by atoms with E-state index in [2.05, 4.69) is 0 Å². The number of esters is 3. The smallest absolute Gasteiger partial charge is 0.346 e. The van der Waals surface area contributed by atoms with Gasteiger partial charge in [0.25, 0.3) is 0 Å². The lowest BCUT2D eigenvalue weighted by atomic mass is 9.94. The Kier molecular flexibility index (Phi) is 4.42. The minimum absolute atomic E-state index is 0.350. The molecular weight excluding hydrogens is 308 g/mol. The topological polar surface area (TPSA) is 69.7 Å². The van der Waals surface area contributed by atoms with Crippen molar-refractivity contribution in [3.8, 4) is 0 Å². The molecule has 0 aromatic heterocycles. The predicted octanol–water partition coefficient (Wildman–Crippen LogP) is 3.51. The molecule has 1 heterocycles. The number of cyclic esters (lactones) is 2. The van der Waals surface area contributed by atoms with Crippen LogP contribution >= 0.6 is 0 Å². The Morgan fingerprint density at radius 3 is 2.62 bits per heavy atom. The number of ether oxygens (including phenoxy) is 2. The zero-order valence-electron chi connectivity index (χ0n) is 13.2. The molecule has 0 radical (unpaired) electrons. The fraction of sp³-hybridized carbons (Fsp3) is 0.211. The predicted molar refractivity (Wildman–Crippen MR) is 88.6 cm³/mol. The van der Waals surface area contributed by atoms with E-state index in [1.54, 1.807) is 36.4 Å². The first kappa shape index (κ1) is 15.9. The number of hydrogen-bond donors (Lipinski definition) is 0. The minimum atomic E-state index is -0.654. The Bertz CT molecular complexity index is 843. The number of rotatable bonds is 5. The van der Waals surface area contributed by atoms with Gasteiger partial charge in [0.15, 0.2) is 0 Å². The van der Waals surface area contributed by atoms with Gasteiger partial charge in [-0.05, 0) is 35.6 Å². The van der Waals surface area contributed by atoms with Gasteiger partial charge >= 0.3 is 17.9 Å². The van der Waals surface area contributed by atoms with Crippen LogP contribution in [-0.2, 0) is 14.3 Å². The molecule has 5 nitrogen and oxygen atoms in total. The Hall–Kier alpha value is -2.95. The first-order chi connectivity index (χ1) is 11.6. The van der Waals surface area contributed by atoms with Crippen molar-refractivity contribution in [2.24, 2.45) is 0 Å². The van der Waals surface area contributed by atoms with Gasteiger partial charge in [-0.25, -0.2) is 14.4 Å². The lowest BCUT2D eigenvalue weighted by Gasteiger charge is -2.16. The van der Waals surface area contributed by atoms with Gasteiger partial charge in [0.1, 0.15) is 0 Å². The molecule has 0 N–H and O–H groups in total. The molecule has 0 unspecified atom stereocenters. The van der Waals surface area contributed by atoms with Crippen LogP contribution in [0.5, 0.6) is 0 Å². The summed E-state index contributed by atoms with van der Waals surface area (Å²) in [5.41, 5.74) is 1.43. The second-order valence-corrected chi connectivity index (χ2v) is 5.46. The van der Waals surface area contributed by atoms with Crippen molar-refractivity contribution in [1.82, 2.24) is 0 Å². The Labute approximate surface area is 138 Å². The van der Waals surface area contributed by atoms with Crippen LogP contribution in [0.15, 0.2) is 36.4 Å². The molecule has 0 aliphatic carbocycles. The zero-order chi connectivity index (χ0) is 17.1. The molecule has 2 aromatic rings. The van der Waals surface area contributed by atoms with Gasteiger partial charge in [-0.3, -0.25) is 0 Å². The first-order valence-electron chi connectivity index (χ1n) is 7.79.